The van der Waals surface area contributed by atoms with Crippen molar-refractivity contribution in [2.45, 2.75) is 90.5 Å². The maximum absolute atomic E-state index is 9.89. The summed E-state index contributed by atoms with van der Waals surface area (Å²) in [6, 6.07) is 10.2. The molecule has 5 rings (SSSR count). The lowest BCUT2D eigenvalue weighted by molar-refractivity contribution is 0.0124. The van der Waals surface area contributed by atoms with E-state index in [2.05, 4.69) is 71.1 Å². The van der Waals surface area contributed by atoms with Crippen molar-refractivity contribution in [1.82, 2.24) is 0 Å². The molecule has 196 valence electrons. The molecular formula is C32H44O4. The lowest BCUT2D eigenvalue weighted by atomic mass is 9.55. The molecule has 2 aliphatic heterocycles. The predicted molar refractivity (Wildman–Crippen MR) is 143 cm³/mol. The van der Waals surface area contributed by atoms with E-state index in [1.54, 1.807) is 0 Å². The van der Waals surface area contributed by atoms with E-state index in [1.165, 1.54) is 5.57 Å². The van der Waals surface area contributed by atoms with E-state index < -0.39 is 0 Å². The van der Waals surface area contributed by atoms with Gasteiger partial charge in [0.15, 0.2) is 0 Å². The molecule has 10 atom stereocenters. The zero-order valence-electron chi connectivity index (χ0n) is 22.8. The molecule has 2 heterocycles. The molecule has 2 aliphatic carbocycles. The summed E-state index contributed by atoms with van der Waals surface area (Å²) in [4.78, 5) is 0. The fraction of sp³-hybridized carbons (Fsp3) is 0.625. The lowest BCUT2D eigenvalue weighted by Crippen LogP contribution is -2.48. The number of hydrogen-bond donors (Lipinski definition) is 1. The third-order valence-corrected chi connectivity index (χ3v) is 9.65. The maximum atomic E-state index is 9.89. The summed E-state index contributed by atoms with van der Waals surface area (Å²) in [5, 5.41) is 9.89. The van der Waals surface area contributed by atoms with E-state index in [4.69, 9.17) is 14.2 Å². The molecule has 4 aliphatic rings. The van der Waals surface area contributed by atoms with Crippen LogP contribution in [-0.4, -0.2) is 41.2 Å². The average Bonchev–Trinajstić information content (AvgIpc) is 3.75. The second kappa shape index (κ2) is 9.87. The van der Waals surface area contributed by atoms with Crippen molar-refractivity contribution in [1.29, 1.82) is 0 Å². The topological polar surface area (TPSA) is 54.5 Å². The third-order valence-electron chi connectivity index (χ3n) is 9.65. The van der Waals surface area contributed by atoms with Crippen LogP contribution in [0.2, 0.25) is 0 Å². The molecule has 2 saturated carbocycles. The third kappa shape index (κ3) is 4.67. The Hall–Kier alpha value is -1.72. The highest BCUT2D eigenvalue weighted by Crippen LogP contribution is 2.67. The van der Waals surface area contributed by atoms with Crippen molar-refractivity contribution in [2.75, 3.05) is 6.61 Å². The second-order valence-corrected chi connectivity index (χ2v) is 12.2. The van der Waals surface area contributed by atoms with Gasteiger partial charge in [-0.3, -0.25) is 0 Å². The summed E-state index contributed by atoms with van der Waals surface area (Å²) in [5.41, 5.74) is 3.72. The van der Waals surface area contributed by atoms with Gasteiger partial charge in [-0.15, -0.1) is 0 Å². The molecule has 1 aromatic carbocycles. The molecule has 1 N–H and O–H groups in total. The van der Waals surface area contributed by atoms with Crippen LogP contribution < -0.4 is 0 Å². The van der Waals surface area contributed by atoms with E-state index in [9.17, 15) is 5.11 Å². The molecular weight excluding hydrogens is 448 g/mol. The van der Waals surface area contributed by atoms with Gasteiger partial charge in [0.1, 0.15) is 0 Å². The van der Waals surface area contributed by atoms with Gasteiger partial charge in [0.2, 0.25) is 0 Å². The largest absolute Gasteiger partial charge is 0.396 e. The number of aliphatic hydroxyl groups is 1. The fourth-order valence-electron chi connectivity index (χ4n) is 7.44. The summed E-state index contributed by atoms with van der Waals surface area (Å²) in [6.45, 7) is 13.8. The van der Waals surface area contributed by atoms with Gasteiger partial charge >= 0.3 is 0 Å². The fourth-order valence-corrected chi connectivity index (χ4v) is 7.44. The van der Waals surface area contributed by atoms with Crippen molar-refractivity contribution in [3.05, 3.63) is 71.3 Å². The predicted octanol–water partition coefficient (Wildman–Crippen LogP) is 6.26. The molecule has 4 heteroatoms. The minimum Gasteiger partial charge on any atom is -0.396 e. The summed E-state index contributed by atoms with van der Waals surface area (Å²) >= 11 is 0. The normalized spacial score (nSPS) is 41.3. The Labute approximate surface area is 217 Å². The number of hydrogen-bond acceptors (Lipinski definition) is 4. The van der Waals surface area contributed by atoms with E-state index in [0.717, 1.165) is 24.0 Å². The molecule has 4 fully saturated rings. The van der Waals surface area contributed by atoms with Crippen LogP contribution in [0.15, 0.2) is 65.8 Å². The molecule has 0 radical (unpaired) electrons. The Bertz CT molecular complexity index is 1030. The summed E-state index contributed by atoms with van der Waals surface area (Å²) in [5.74, 6) is 1.99. The highest BCUT2D eigenvalue weighted by Gasteiger charge is 2.72. The van der Waals surface area contributed by atoms with Crippen molar-refractivity contribution in [2.24, 2.45) is 29.6 Å². The number of benzene rings is 1. The molecule has 0 bridgehead atoms. The van der Waals surface area contributed by atoms with Crippen LogP contribution in [0.5, 0.6) is 0 Å². The minimum atomic E-state index is -0.129. The Morgan fingerprint density at radius 3 is 2.61 bits per heavy atom. The van der Waals surface area contributed by atoms with Crippen molar-refractivity contribution in [3.63, 3.8) is 0 Å². The number of allylic oxidation sites excluding steroid dienone is 4. The Balaban J connectivity index is 1.36. The second-order valence-electron chi connectivity index (χ2n) is 12.2. The molecule has 0 aromatic heterocycles. The molecule has 36 heavy (non-hydrogen) atoms. The van der Waals surface area contributed by atoms with Gasteiger partial charge in [-0.25, -0.2) is 0 Å². The van der Waals surface area contributed by atoms with Gasteiger partial charge in [0.05, 0.1) is 36.1 Å². The quantitative estimate of drug-likeness (QED) is 0.251. The smallest absolute Gasteiger partial charge is 0.0993 e. The first kappa shape index (κ1) is 25.9. The van der Waals surface area contributed by atoms with E-state index in [1.807, 2.05) is 25.1 Å². The van der Waals surface area contributed by atoms with Gasteiger partial charge in [-0.05, 0) is 76.4 Å². The van der Waals surface area contributed by atoms with E-state index in [-0.39, 0.29) is 29.8 Å². The van der Waals surface area contributed by atoms with Gasteiger partial charge in [-0.1, -0.05) is 67.1 Å². The number of rotatable bonds is 9. The lowest BCUT2D eigenvalue weighted by Gasteiger charge is -2.45. The van der Waals surface area contributed by atoms with Gasteiger partial charge in [-0.2, -0.15) is 0 Å². The highest BCUT2D eigenvalue weighted by atomic mass is 16.6. The van der Waals surface area contributed by atoms with Crippen molar-refractivity contribution in [3.8, 4) is 0 Å². The van der Waals surface area contributed by atoms with Crippen LogP contribution >= 0.6 is 0 Å². The summed E-state index contributed by atoms with van der Waals surface area (Å²) < 4.78 is 19.0. The zero-order chi connectivity index (χ0) is 25.7. The monoisotopic (exact) mass is 492 g/mol. The van der Waals surface area contributed by atoms with Crippen LogP contribution in [0.1, 0.15) is 59.9 Å². The number of ether oxygens (including phenoxy) is 3. The molecule has 1 aromatic rings. The van der Waals surface area contributed by atoms with Gasteiger partial charge in [0, 0.05) is 18.4 Å². The molecule has 0 spiro atoms. The number of fused-ring (bicyclic) bond motifs is 4. The van der Waals surface area contributed by atoms with Crippen LogP contribution in [0.25, 0.3) is 0 Å². The van der Waals surface area contributed by atoms with Crippen LogP contribution in [-0.2, 0) is 20.8 Å². The first-order valence-electron chi connectivity index (χ1n) is 13.8. The summed E-state index contributed by atoms with van der Waals surface area (Å²) in [7, 11) is 0. The van der Waals surface area contributed by atoms with Crippen molar-refractivity contribution >= 4 is 0 Å². The molecule has 0 amide bonds. The number of epoxide rings is 2. The minimum absolute atomic E-state index is 0.0259. The molecule has 4 nitrogen and oxygen atoms in total. The van der Waals surface area contributed by atoms with Crippen LogP contribution in [0.4, 0.5) is 0 Å². The molecule has 0 unspecified atom stereocenters. The Morgan fingerprint density at radius 1 is 1.17 bits per heavy atom. The van der Waals surface area contributed by atoms with Gasteiger partial charge in [0.25, 0.3) is 0 Å². The van der Waals surface area contributed by atoms with Gasteiger partial charge < -0.3 is 19.3 Å². The molecule has 2 saturated heterocycles. The maximum Gasteiger partial charge on any atom is 0.0993 e. The highest BCUT2D eigenvalue weighted by molar-refractivity contribution is 5.30. The first-order chi connectivity index (χ1) is 17.2. The SMILES string of the molecule is C/C=C(\C)[C@H]1[C@@H](/C=C/C=C(\C)[C@@H](OCc2ccccc2)[C@@H](C)CO)[C@@H]2C[C@@H]3O[C@]3(C)C[C@H]2[C@@H]2O[C@@]21C. The van der Waals surface area contributed by atoms with Crippen LogP contribution in [0.3, 0.4) is 0 Å². The van der Waals surface area contributed by atoms with E-state index >= 15 is 0 Å². The Kier molecular flexibility index (Phi) is 7.10. The zero-order valence-corrected chi connectivity index (χ0v) is 22.8. The first-order valence-corrected chi connectivity index (χ1v) is 13.8. The standard InChI is InChI=1S/C32H44O4/c1-7-20(2)28-24(25-16-27-31(5,35-27)17-26(25)30-32(28,6)36-30)15-11-12-21(3)29(22(4)18-33)34-19-23-13-9-8-10-14-23/h7-15,22,24-30,33H,16-19H2,1-6H3/b15-11+,20-7+,21-12+/t22-,24-,25-,26+,27-,28-,29+,30-,31+,32+/m0/s1. The Morgan fingerprint density at radius 2 is 1.92 bits per heavy atom. The average molecular weight is 493 g/mol. The number of aliphatic hydroxyl groups excluding tert-OH is 1. The summed E-state index contributed by atoms with van der Waals surface area (Å²) in [6.07, 6.45) is 12.0. The van der Waals surface area contributed by atoms with E-state index in [0.29, 0.717) is 42.5 Å². The van der Waals surface area contributed by atoms with Crippen molar-refractivity contribution < 1.29 is 19.3 Å². The van der Waals surface area contributed by atoms with Crippen LogP contribution in [0, 0.1) is 29.6 Å².